The Kier molecular flexibility index (Phi) is 9.55. The van der Waals surface area contributed by atoms with E-state index in [1.807, 2.05) is 0 Å². The van der Waals surface area contributed by atoms with Crippen LogP contribution in [0.1, 0.15) is 43.5 Å². The molecule has 3 rings (SSSR count). The number of rotatable bonds is 7. The highest BCUT2D eigenvalue weighted by Crippen LogP contribution is 2.43. The minimum Gasteiger partial charge on any atom is -0.493 e. The van der Waals surface area contributed by atoms with Crippen LogP contribution in [0.25, 0.3) is 0 Å². The number of halogens is 3. The van der Waals surface area contributed by atoms with Crippen molar-refractivity contribution in [1.29, 1.82) is 0 Å². The van der Waals surface area contributed by atoms with Gasteiger partial charge in [0, 0.05) is 29.2 Å². The minimum absolute atomic E-state index is 0.0785. The third-order valence-electron chi connectivity index (χ3n) is 5.77. The van der Waals surface area contributed by atoms with E-state index in [0.29, 0.717) is 5.56 Å². The van der Waals surface area contributed by atoms with Gasteiger partial charge >= 0.3 is 12.1 Å². The second-order valence-electron chi connectivity index (χ2n) is 9.94. The maximum Gasteiger partial charge on any atom is 0.416 e. The predicted molar refractivity (Wildman–Crippen MR) is 149 cm³/mol. The predicted octanol–water partition coefficient (Wildman–Crippen LogP) is 5.77. The van der Waals surface area contributed by atoms with Gasteiger partial charge in [0.05, 0.1) is 32.6 Å². The first kappa shape index (κ1) is 30.9. The lowest BCUT2D eigenvalue weighted by molar-refractivity contribution is -0.137. The van der Waals surface area contributed by atoms with Crippen LogP contribution in [0.5, 0.6) is 17.2 Å². The van der Waals surface area contributed by atoms with Crippen LogP contribution in [0.15, 0.2) is 66.7 Å². The molecule has 1 N–H and O–H groups in total. The van der Waals surface area contributed by atoms with E-state index in [-0.39, 0.29) is 28.5 Å². The summed E-state index contributed by atoms with van der Waals surface area (Å²) in [7, 11) is 4.15. The van der Waals surface area contributed by atoms with E-state index < -0.39 is 35.1 Å². The molecule has 7 nitrogen and oxygen atoms in total. The fourth-order valence-corrected chi connectivity index (χ4v) is 4.04. The van der Waals surface area contributed by atoms with Gasteiger partial charge in [0.25, 0.3) is 0 Å². The normalized spacial score (nSPS) is 11.9. The number of anilines is 1. The summed E-state index contributed by atoms with van der Waals surface area (Å²) in [6, 6.07) is 14.2. The van der Waals surface area contributed by atoms with Gasteiger partial charge in [-0.15, -0.1) is 0 Å². The molecule has 216 valence electrons. The van der Waals surface area contributed by atoms with E-state index in [1.54, 1.807) is 51.1 Å². The SMILES string of the molecule is COc1cc(N(C(=O)C#Cc2ccccc2)C(C(=O)NC(C)(C)C)c2cccc(C(F)(F)F)c2)cc(OC)c1OC. The third-order valence-corrected chi connectivity index (χ3v) is 5.77. The first-order valence-electron chi connectivity index (χ1n) is 12.5. The fraction of sp³-hybridized carbons (Fsp3) is 0.290. The van der Waals surface area contributed by atoms with Crippen molar-refractivity contribution in [3.63, 3.8) is 0 Å². The zero-order valence-corrected chi connectivity index (χ0v) is 23.6. The molecule has 0 aliphatic carbocycles. The Labute approximate surface area is 237 Å². The van der Waals surface area contributed by atoms with Crippen LogP contribution in [-0.4, -0.2) is 38.7 Å². The number of amides is 2. The van der Waals surface area contributed by atoms with Gasteiger partial charge in [0.1, 0.15) is 6.04 Å². The molecule has 0 saturated carbocycles. The maximum absolute atomic E-state index is 13.9. The summed E-state index contributed by atoms with van der Waals surface area (Å²) < 4.78 is 57.4. The molecule has 0 saturated heterocycles. The molecule has 0 heterocycles. The van der Waals surface area contributed by atoms with Crippen molar-refractivity contribution >= 4 is 17.5 Å². The second kappa shape index (κ2) is 12.7. The van der Waals surface area contributed by atoms with Crippen LogP contribution in [-0.2, 0) is 15.8 Å². The van der Waals surface area contributed by atoms with Gasteiger partial charge in [-0.25, -0.2) is 0 Å². The first-order valence-corrected chi connectivity index (χ1v) is 12.5. The number of ether oxygens (including phenoxy) is 3. The molecule has 2 amide bonds. The molecule has 0 fully saturated rings. The lowest BCUT2D eigenvalue weighted by atomic mass is 9.98. The molecule has 10 heteroatoms. The Bertz CT molecular complexity index is 1430. The lowest BCUT2D eigenvalue weighted by Crippen LogP contribution is -2.49. The minimum atomic E-state index is -4.68. The summed E-state index contributed by atoms with van der Waals surface area (Å²) in [6.07, 6.45) is -4.68. The molecule has 1 atom stereocenters. The van der Waals surface area contributed by atoms with Crippen LogP contribution in [0, 0.1) is 11.8 Å². The number of carbonyl (C=O) groups is 2. The smallest absolute Gasteiger partial charge is 0.416 e. The van der Waals surface area contributed by atoms with Gasteiger partial charge in [-0.3, -0.25) is 14.5 Å². The van der Waals surface area contributed by atoms with Crippen molar-refractivity contribution < 1.29 is 37.0 Å². The van der Waals surface area contributed by atoms with Gasteiger partial charge in [0.15, 0.2) is 11.5 Å². The quantitative estimate of drug-likeness (QED) is 0.366. The van der Waals surface area contributed by atoms with Gasteiger partial charge in [-0.1, -0.05) is 36.3 Å². The molecule has 0 spiro atoms. The summed E-state index contributed by atoms with van der Waals surface area (Å²) in [5, 5.41) is 2.79. The topological polar surface area (TPSA) is 77.1 Å². The summed E-state index contributed by atoms with van der Waals surface area (Å²) >= 11 is 0. The van der Waals surface area contributed by atoms with E-state index in [1.165, 1.54) is 45.6 Å². The molecule has 0 aliphatic heterocycles. The van der Waals surface area contributed by atoms with Gasteiger partial charge in [0.2, 0.25) is 11.7 Å². The number of benzene rings is 3. The number of hydrogen-bond acceptors (Lipinski definition) is 5. The molecule has 0 aliphatic rings. The summed E-state index contributed by atoms with van der Waals surface area (Å²) in [5.74, 6) is 4.27. The van der Waals surface area contributed by atoms with Gasteiger partial charge < -0.3 is 19.5 Å². The van der Waals surface area contributed by atoms with Crippen molar-refractivity contribution in [1.82, 2.24) is 5.32 Å². The van der Waals surface area contributed by atoms with Crippen molar-refractivity contribution in [2.75, 3.05) is 26.2 Å². The monoisotopic (exact) mass is 568 g/mol. The average molecular weight is 569 g/mol. The average Bonchev–Trinajstić information content (AvgIpc) is 2.92. The van der Waals surface area contributed by atoms with Crippen molar-refractivity contribution in [3.8, 4) is 29.1 Å². The van der Waals surface area contributed by atoms with Crippen LogP contribution >= 0.6 is 0 Å². The number of hydrogen-bond donors (Lipinski definition) is 1. The van der Waals surface area contributed by atoms with E-state index in [2.05, 4.69) is 17.2 Å². The lowest BCUT2D eigenvalue weighted by Gasteiger charge is -2.33. The Morgan fingerprint density at radius 2 is 1.46 bits per heavy atom. The van der Waals surface area contributed by atoms with Gasteiger partial charge in [-0.2, -0.15) is 13.2 Å². The molecule has 1 unspecified atom stereocenters. The number of carbonyl (C=O) groups excluding carboxylic acids is 2. The standard InChI is InChI=1S/C31H31F3N2O5/c1-30(2,3)35-29(38)27(21-13-10-14-22(17-21)31(32,33)34)36(26(37)16-15-20-11-8-7-9-12-20)23-18-24(39-4)28(41-6)25(19-23)40-5/h7-14,17-19,27H,1-6H3,(H,35,38). The molecule has 0 radical (unpaired) electrons. The fourth-order valence-electron chi connectivity index (χ4n) is 4.04. The van der Waals surface area contributed by atoms with Crippen LogP contribution in [0.4, 0.5) is 18.9 Å². The zero-order valence-electron chi connectivity index (χ0n) is 23.6. The number of nitrogens with zero attached hydrogens (tertiary/aromatic N) is 1. The van der Waals surface area contributed by atoms with Crippen molar-refractivity contribution in [3.05, 3.63) is 83.4 Å². The highest BCUT2D eigenvalue weighted by Gasteiger charge is 2.37. The number of alkyl halides is 3. The summed E-state index contributed by atoms with van der Waals surface area (Å²) in [4.78, 5) is 28.7. The molecular formula is C31H31F3N2O5. The van der Waals surface area contributed by atoms with E-state index >= 15 is 0 Å². The third kappa shape index (κ3) is 7.72. The van der Waals surface area contributed by atoms with Crippen LogP contribution in [0.2, 0.25) is 0 Å². The Morgan fingerprint density at radius 1 is 0.854 bits per heavy atom. The van der Waals surface area contributed by atoms with Crippen LogP contribution < -0.4 is 24.4 Å². The Morgan fingerprint density at radius 3 is 1.98 bits per heavy atom. The molecular weight excluding hydrogens is 537 g/mol. The van der Waals surface area contributed by atoms with E-state index in [9.17, 15) is 22.8 Å². The highest BCUT2D eigenvalue weighted by atomic mass is 19.4. The summed E-state index contributed by atoms with van der Waals surface area (Å²) in [5.41, 5.74) is -1.23. The molecule has 0 aromatic heterocycles. The molecule has 3 aromatic rings. The molecule has 41 heavy (non-hydrogen) atoms. The van der Waals surface area contributed by atoms with Crippen LogP contribution in [0.3, 0.4) is 0 Å². The molecule has 3 aromatic carbocycles. The van der Waals surface area contributed by atoms with Crippen molar-refractivity contribution in [2.24, 2.45) is 0 Å². The largest absolute Gasteiger partial charge is 0.493 e. The highest BCUT2D eigenvalue weighted by molar-refractivity contribution is 6.10. The number of nitrogens with one attached hydrogen (secondary N) is 1. The number of methoxy groups -OCH3 is 3. The Balaban J connectivity index is 2.34. The van der Waals surface area contributed by atoms with Crippen molar-refractivity contribution in [2.45, 2.75) is 38.5 Å². The Hall–Kier alpha value is -4.65. The first-order chi connectivity index (χ1) is 19.3. The van der Waals surface area contributed by atoms with Gasteiger partial charge in [-0.05, 0) is 50.6 Å². The van der Waals surface area contributed by atoms with E-state index in [0.717, 1.165) is 17.0 Å². The second-order valence-corrected chi connectivity index (χ2v) is 9.94. The van der Waals surface area contributed by atoms with E-state index in [4.69, 9.17) is 14.2 Å². The zero-order chi connectivity index (χ0) is 30.4. The molecule has 0 bridgehead atoms. The summed E-state index contributed by atoms with van der Waals surface area (Å²) in [6.45, 7) is 5.15. The maximum atomic E-state index is 13.9.